The smallest absolute Gasteiger partial charge is 0.251 e. The second kappa shape index (κ2) is 12.9. The van der Waals surface area contributed by atoms with Gasteiger partial charge in [0.25, 0.3) is 5.91 Å². The molecular weight excluding hydrogens is 469 g/mol. The molecule has 0 radical (unpaired) electrons. The van der Waals surface area contributed by atoms with Crippen LogP contribution in [0.5, 0.6) is 0 Å². The summed E-state index contributed by atoms with van der Waals surface area (Å²) in [4.78, 5) is 18.4. The topological polar surface area (TPSA) is 78.0 Å². The van der Waals surface area contributed by atoms with Crippen LogP contribution in [0.4, 0.5) is 0 Å². The zero-order valence-corrected chi connectivity index (χ0v) is 19.7. The maximum absolute atomic E-state index is 11.6. The molecule has 1 aromatic rings. The van der Waals surface area contributed by atoms with Gasteiger partial charge in [-0.2, -0.15) is 0 Å². The van der Waals surface area contributed by atoms with Gasteiger partial charge in [-0.05, 0) is 23.6 Å². The lowest BCUT2D eigenvalue weighted by Gasteiger charge is -2.37. The van der Waals surface area contributed by atoms with Crippen molar-refractivity contribution in [3.05, 3.63) is 35.4 Å². The second-order valence-electron chi connectivity index (χ2n) is 7.04. The number of guanidine groups is 1. The molecule has 0 aromatic heterocycles. The summed E-state index contributed by atoms with van der Waals surface area (Å²) >= 11 is 0. The molecule has 0 spiro atoms. The number of aliphatic imine (C=N–C) groups is 1. The highest BCUT2D eigenvalue weighted by Crippen LogP contribution is 2.12. The Bertz CT molecular complexity index is 616. The predicted molar refractivity (Wildman–Crippen MR) is 124 cm³/mol. The van der Waals surface area contributed by atoms with E-state index in [-0.39, 0.29) is 29.9 Å². The molecule has 28 heavy (non-hydrogen) atoms. The van der Waals surface area contributed by atoms with Crippen LogP contribution in [-0.4, -0.2) is 69.8 Å². The minimum atomic E-state index is -0.0742. The Morgan fingerprint density at radius 1 is 1.18 bits per heavy atom. The number of amides is 1. The fourth-order valence-electron chi connectivity index (χ4n) is 3.22. The van der Waals surface area contributed by atoms with Crippen LogP contribution in [0.2, 0.25) is 0 Å². The van der Waals surface area contributed by atoms with E-state index < -0.39 is 0 Å². The maximum Gasteiger partial charge on any atom is 0.251 e. The summed E-state index contributed by atoms with van der Waals surface area (Å²) < 4.78 is 5.47. The second-order valence-corrected chi connectivity index (χ2v) is 7.04. The van der Waals surface area contributed by atoms with Crippen molar-refractivity contribution in [2.24, 2.45) is 10.9 Å². The quantitative estimate of drug-likeness (QED) is 0.300. The average Bonchev–Trinajstić information content (AvgIpc) is 2.70. The Morgan fingerprint density at radius 2 is 1.82 bits per heavy atom. The molecule has 1 saturated heterocycles. The molecule has 1 aromatic carbocycles. The summed E-state index contributed by atoms with van der Waals surface area (Å²) in [5.74, 6) is 1.25. The maximum atomic E-state index is 11.6. The largest absolute Gasteiger partial charge is 0.379 e. The Morgan fingerprint density at radius 3 is 2.36 bits per heavy atom. The van der Waals surface area contributed by atoms with E-state index in [1.165, 1.54) is 0 Å². The molecule has 0 aliphatic carbocycles. The van der Waals surface area contributed by atoms with Crippen LogP contribution in [0.3, 0.4) is 0 Å². The lowest BCUT2D eigenvalue weighted by atomic mass is 10.0. The van der Waals surface area contributed by atoms with Crippen LogP contribution in [0.15, 0.2) is 29.3 Å². The van der Waals surface area contributed by atoms with E-state index in [4.69, 9.17) is 4.74 Å². The molecule has 1 fully saturated rings. The lowest BCUT2D eigenvalue weighted by Crippen LogP contribution is -2.52. The summed E-state index contributed by atoms with van der Waals surface area (Å²) in [6.07, 6.45) is 0. The van der Waals surface area contributed by atoms with Gasteiger partial charge in [0.15, 0.2) is 5.96 Å². The molecular formula is C20H34IN5O2. The summed E-state index contributed by atoms with van der Waals surface area (Å²) in [6.45, 7) is 9.58. The van der Waals surface area contributed by atoms with Gasteiger partial charge in [0.05, 0.1) is 13.2 Å². The molecule has 3 N–H and O–H groups in total. The first-order valence-electron chi connectivity index (χ1n) is 9.62. The molecule has 7 nitrogen and oxygen atoms in total. The van der Waals surface area contributed by atoms with E-state index >= 15 is 0 Å². The highest BCUT2D eigenvalue weighted by molar-refractivity contribution is 14.0. The number of nitrogens with zero attached hydrogens (tertiary/aromatic N) is 2. The highest BCUT2D eigenvalue weighted by Gasteiger charge is 2.23. The first-order valence-corrected chi connectivity index (χ1v) is 9.62. The molecule has 8 heteroatoms. The fraction of sp³-hybridized carbons (Fsp3) is 0.600. The molecule has 1 amide bonds. The SMILES string of the molecule is CN=C(NCc1ccc(C(=O)NC)cc1)NCC(C(C)C)N1CCOCC1.I. The van der Waals surface area contributed by atoms with Gasteiger partial charge in [0.1, 0.15) is 0 Å². The monoisotopic (exact) mass is 503 g/mol. The van der Waals surface area contributed by atoms with Crippen molar-refractivity contribution in [2.75, 3.05) is 46.9 Å². The number of hydrogen-bond donors (Lipinski definition) is 3. The van der Waals surface area contributed by atoms with Crippen molar-refractivity contribution in [3.63, 3.8) is 0 Å². The van der Waals surface area contributed by atoms with Gasteiger partial charge in [0, 0.05) is 51.9 Å². The number of nitrogens with one attached hydrogen (secondary N) is 3. The van der Waals surface area contributed by atoms with Crippen molar-refractivity contribution >= 4 is 35.8 Å². The Hall–Kier alpha value is -1.39. The van der Waals surface area contributed by atoms with E-state index in [0.717, 1.165) is 44.4 Å². The third kappa shape index (κ3) is 7.56. The molecule has 158 valence electrons. The van der Waals surface area contributed by atoms with E-state index in [0.29, 0.717) is 24.1 Å². The van der Waals surface area contributed by atoms with E-state index in [9.17, 15) is 4.79 Å². The van der Waals surface area contributed by atoms with Crippen molar-refractivity contribution in [3.8, 4) is 0 Å². The number of hydrogen-bond acceptors (Lipinski definition) is 4. The van der Waals surface area contributed by atoms with E-state index in [1.54, 1.807) is 14.1 Å². The number of carbonyl (C=O) groups excluding carboxylic acids is 1. The van der Waals surface area contributed by atoms with Crippen LogP contribution in [-0.2, 0) is 11.3 Å². The zero-order valence-electron chi connectivity index (χ0n) is 17.3. The molecule has 0 bridgehead atoms. The normalized spacial score (nSPS) is 16.2. The van der Waals surface area contributed by atoms with E-state index in [1.807, 2.05) is 24.3 Å². The molecule has 1 aliphatic heterocycles. The van der Waals surface area contributed by atoms with Crippen LogP contribution in [0.25, 0.3) is 0 Å². The molecule has 1 heterocycles. The summed E-state index contributed by atoms with van der Waals surface area (Å²) in [5.41, 5.74) is 1.76. The van der Waals surface area contributed by atoms with Crippen molar-refractivity contribution in [1.82, 2.24) is 20.9 Å². The molecule has 1 atom stereocenters. The Balaban J connectivity index is 0.00000392. The van der Waals surface area contributed by atoms with Crippen molar-refractivity contribution < 1.29 is 9.53 Å². The molecule has 1 aliphatic rings. The van der Waals surface area contributed by atoms with Gasteiger partial charge in [-0.15, -0.1) is 24.0 Å². The lowest BCUT2D eigenvalue weighted by molar-refractivity contribution is 0.00752. The summed E-state index contributed by atoms with van der Waals surface area (Å²) in [6, 6.07) is 8.02. The van der Waals surface area contributed by atoms with Crippen LogP contribution in [0, 0.1) is 5.92 Å². The highest BCUT2D eigenvalue weighted by atomic mass is 127. The van der Waals surface area contributed by atoms with Gasteiger partial charge in [0.2, 0.25) is 0 Å². The number of ether oxygens (including phenoxy) is 1. The summed E-state index contributed by atoms with van der Waals surface area (Å²) in [5, 5.41) is 9.42. The summed E-state index contributed by atoms with van der Waals surface area (Å²) in [7, 11) is 3.41. The minimum absolute atomic E-state index is 0. The van der Waals surface area contributed by atoms with Gasteiger partial charge in [-0.1, -0.05) is 26.0 Å². The third-order valence-corrected chi connectivity index (χ3v) is 4.89. The first kappa shape index (κ1) is 24.6. The first-order chi connectivity index (χ1) is 13.0. The molecule has 2 rings (SSSR count). The number of carbonyl (C=O) groups is 1. The van der Waals surface area contributed by atoms with Gasteiger partial charge in [-0.3, -0.25) is 14.7 Å². The third-order valence-electron chi connectivity index (χ3n) is 4.89. The van der Waals surface area contributed by atoms with Gasteiger partial charge >= 0.3 is 0 Å². The van der Waals surface area contributed by atoms with Crippen LogP contribution >= 0.6 is 24.0 Å². The van der Waals surface area contributed by atoms with Crippen molar-refractivity contribution in [2.45, 2.75) is 26.4 Å². The number of benzene rings is 1. The molecule has 1 unspecified atom stereocenters. The zero-order chi connectivity index (χ0) is 19.6. The number of morpholine rings is 1. The Labute approximate surface area is 185 Å². The van der Waals surface area contributed by atoms with Gasteiger partial charge < -0.3 is 20.7 Å². The average molecular weight is 503 g/mol. The Kier molecular flexibility index (Phi) is 11.4. The minimum Gasteiger partial charge on any atom is -0.379 e. The fourth-order valence-corrected chi connectivity index (χ4v) is 3.22. The molecule has 0 saturated carbocycles. The standard InChI is InChI=1S/C20H33N5O2.HI/c1-15(2)18(25-9-11-27-12-10-25)14-24-20(22-4)23-13-16-5-7-17(8-6-16)19(26)21-3;/h5-8,15,18H,9-14H2,1-4H3,(H,21,26)(H2,22,23,24);1H. The van der Waals surface area contributed by atoms with Crippen LogP contribution in [0.1, 0.15) is 29.8 Å². The van der Waals surface area contributed by atoms with Gasteiger partial charge in [-0.25, -0.2) is 0 Å². The van der Waals surface area contributed by atoms with Crippen molar-refractivity contribution in [1.29, 1.82) is 0 Å². The number of rotatable bonds is 7. The predicted octanol–water partition coefficient (Wildman–Crippen LogP) is 1.69. The number of halogens is 1. The van der Waals surface area contributed by atoms with E-state index in [2.05, 4.69) is 39.7 Å². The van der Waals surface area contributed by atoms with Crippen LogP contribution < -0.4 is 16.0 Å².